The summed E-state index contributed by atoms with van der Waals surface area (Å²) >= 11 is 5.45. The van der Waals surface area contributed by atoms with Gasteiger partial charge in [-0.05, 0) is 0 Å². The number of hydrogen-bond acceptors (Lipinski definition) is 4. The molecule has 0 saturated heterocycles. The predicted molar refractivity (Wildman–Crippen MR) is 36.1 cm³/mol. The molecular weight excluding hydrogens is 156 g/mol. The van der Waals surface area contributed by atoms with E-state index >= 15 is 0 Å². The summed E-state index contributed by atoms with van der Waals surface area (Å²) in [4.78, 5) is 1.10. The Bertz CT molecular complexity index is 125. The van der Waals surface area contributed by atoms with Gasteiger partial charge in [-0.25, -0.2) is 0 Å². The standard InChI is InChI=1S/C5H9ClN2O2/c6-5(3-10)8(4-7)1-2-9/h5,9-10H,1-3H2. The molecule has 0 aromatic carbocycles. The van der Waals surface area contributed by atoms with Crippen LogP contribution in [0.1, 0.15) is 0 Å². The van der Waals surface area contributed by atoms with Gasteiger partial charge in [0.1, 0.15) is 5.50 Å². The van der Waals surface area contributed by atoms with Crippen molar-refractivity contribution in [2.24, 2.45) is 0 Å². The van der Waals surface area contributed by atoms with Crippen molar-refractivity contribution < 1.29 is 10.2 Å². The van der Waals surface area contributed by atoms with Gasteiger partial charge in [0.05, 0.1) is 19.8 Å². The predicted octanol–water partition coefficient (Wildman–Crippen LogP) is -0.681. The van der Waals surface area contributed by atoms with Crippen molar-refractivity contribution in [3.8, 4) is 6.19 Å². The minimum atomic E-state index is -0.725. The number of rotatable bonds is 4. The Morgan fingerprint density at radius 2 is 2.20 bits per heavy atom. The highest BCUT2D eigenvalue weighted by Crippen LogP contribution is 2.00. The molecule has 0 aliphatic rings. The van der Waals surface area contributed by atoms with E-state index in [1.807, 2.05) is 0 Å². The second kappa shape index (κ2) is 5.30. The van der Waals surface area contributed by atoms with Crippen LogP contribution in [0.3, 0.4) is 0 Å². The number of aliphatic hydroxyl groups is 2. The molecule has 0 radical (unpaired) electrons. The number of halogens is 1. The zero-order valence-corrected chi connectivity index (χ0v) is 6.12. The Kier molecular flexibility index (Phi) is 5.03. The van der Waals surface area contributed by atoms with E-state index in [0.717, 1.165) is 4.90 Å². The van der Waals surface area contributed by atoms with E-state index in [9.17, 15) is 0 Å². The number of alkyl halides is 1. The van der Waals surface area contributed by atoms with Crippen LogP contribution in [0.2, 0.25) is 0 Å². The zero-order chi connectivity index (χ0) is 7.98. The zero-order valence-electron chi connectivity index (χ0n) is 5.37. The summed E-state index contributed by atoms with van der Waals surface area (Å²) in [5.74, 6) is 0. The summed E-state index contributed by atoms with van der Waals surface area (Å²) < 4.78 is 0. The van der Waals surface area contributed by atoms with Gasteiger partial charge in [0.2, 0.25) is 0 Å². The van der Waals surface area contributed by atoms with Crippen molar-refractivity contribution in [3.05, 3.63) is 0 Å². The van der Waals surface area contributed by atoms with Gasteiger partial charge in [-0.1, -0.05) is 11.6 Å². The number of hydrogen-bond donors (Lipinski definition) is 2. The monoisotopic (exact) mass is 164 g/mol. The summed E-state index contributed by atoms with van der Waals surface area (Å²) in [6.07, 6.45) is 1.74. The first-order valence-electron chi connectivity index (χ1n) is 2.78. The molecule has 4 nitrogen and oxygen atoms in total. The van der Waals surface area contributed by atoms with E-state index in [4.69, 9.17) is 27.1 Å². The van der Waals surface area contributed by atoms with Crippen LogP contribution in [0.15, 0.2) is 0 Å². The molecule has 0 aliphatic carbocycles. The van der Waals surface area contributed by atoms with Gasteiger partial charge in [0.25, 0.3) is 0 Å². The minimum Gasteiger partial charge on any atom is -0.395 e. The molecule has 0 fully saturated rings. The second-order valence-corrected chi connectivity index (χ2v) is 2.14. The first-order valence-corrected chi connectivity index (χ1v) is 3.22. The molecule has 10 heavy (non-hydrogen) atoms. The maximum Gasteiger partial charge on any atom is 0.180 e. The van der Waals surface area contributed by atoms with Gasteiger partial charge < -0.3 is 10.2 Å². The molecule has 0 aromatic rings. The van der Waals surface area contributed by atoms with Crippen molar-refractivity contribution in [2.75, 3.05) is 19.8 Å². The molecule has 0 aromatic heterocycles. The molecule has 2 N–H and O–H groups in total. The van der Waals surface area contributed by atoms with Gasteiger partial charge in [-0.2, -0.15) is 5.26 Å². The average Bonchev–Trinajstić information content (AvgIpc) is 1.99. The second-order valence-electron chi connectivity index (χ2n) is 1.63. The quantitative estimate of drug-likeness (QED) is 0.250. The van der Waals surface area contributed by atoms with E-state index in [2.05, 4.69) is 0 Å². The van der Waals surface area contributed by atoms with Gasteiger partial charge in [-0.3, -0.25) is 4.90 Å². The minimum absolute atomic E-state index is 0.142. The molecule has 0 bridgehead atoms. The Morgan fingerprint density at radius 1 is 1.60 bits per heavy atom. The lowest BCUT2D eigenvalue weighted by Crippen LogP contribution is -2.31. The van der Waals surface area contributed by atoms with Crippen molar-refractivity contribution in [1.82, 2.24) is 4.90 Å². The third kappa shape index (κ3) is 2.87. The third-order valence-electron chi connectivity index (χ3n) is 0.958. The Morgan fingerprint density at radius 3 is 2.50 bits per heavy atom. The van der Waals surface area contributed by atoms with Crippen molar-refractivity contribution in [3.63, 3.8) is 0 Å². The highest BCUT2D eigenvalue weighted by Gasteiger charge is 2.10. The van der Waals surface area contributed by atoms with E-state index in [1.54, 1.807) is 6.19 Å². The van der Waals surface area contributed by atoms with Crippen LogP contribution >= 0.6 is 11.6 Å². The molecule has 0 amide bonds. The highest BCUT2D eigenvalue weighted by molar-refractivity contribution is 6.20. The molecule has 0 rings (SSSR count). The number of nitriles is 1. The summed E-state index contributed by atoms with van der Waals surface area (Å²) in [6.45, 7) is -0.281. The fourth-order valence-corrected chi connectivity index (χ4v) is 0.600. The van der Waals surface area contributed by atoms with E-state index in [-0.39, 0.29) is 19.8 Å². The molecule has 0 spiro atoms. The van der Waals surface area contributed by atoms with Crippen LogP contribution in [0.4, 0.5) is 0 Å². The smallest absolute Gasteiger partial charge is 0.180 e. The molecule has 0 aliphatic heterocycles. The van der Waals surface area contributed by atoms with E-state index in [0.29, 0.717) is 0 Å². The Balaban J connectivity index is 3.71. The van der Waals surface area contributed by atoms with Gasteiger partial charge in [0, 0.05) is 0 Å². The molecule has 1 atom stereocenters. The van der Waals surface area contributed by atoms with E-state index < -0.39 is 5.50 Å². The van der Waals surface area contributed by atoms with Crippen LogP contribution < -0.4 is 0 Å². The van der Waals surface area contributed by atoms with Gasteiger partial charge in [0.15, 0.2) is 6.19 Å². The largest absolute Gasteiger partial charge is 0.395 e. The first kappa shape index (κ1) is 9.50. The lowest BCUT2D eigenvalue weighted by molar-refractivity contribution is 0.186. The van der Waals surface area contributed by atoms with Crippen LogP contribution in [-0.2, 0) is 0 Å². The van der Waals surface area contributed by atoms with Crippen LogP contribution in [0.5, 0.6) is 0 Å². The average molecular weight is 165 g/mol. The normalized spacial score (nSPS) is 12.2. The summed E-state index contributed by atoms with van der Waals surface area (Å²) in [5.41, 5.74) is -0.725. The van der Waals surface area contributed by atoms with Crippen molar-refractivity contribution in [1.29, 1.82) is 5.26 Å². The SMILES string of the molecule is N#CN(CCO)C(Cl)CO. The molecule has 0 heterocycles. The summed E-state index contributed by atoms with van der Waals surface area (Å²) in [5, 5.41) is 25.2. The maximum atomic E-state index is 8.46. The number of nitrogens with zero attached hydrogens (tertiary/aromatic N) is 2. The molecule has 58 valence electrons. The van der Waals surface area contributed by atoms with Crippen LogP contribution in [0, 0.1) is 11.5 Å². The van der Waals surface area contributed by atoms with Crippen LogP contribution in [0.25, 0.3) is 0 Å². The maximum absolute atomic E-state index is 8.46. The van der Waals surface area contributed by atoms with Crippen molar-refractivity contribution >= 4 is 11.6 Å². The van der Waals surface area contributed by atoms with E-state index in [1.165, 1.54) is 0 Å². The molecular formula is C5H9ClN2O2. The lowest BCUT2D eigenvalue weighted by Gasteiger charge is -2.17. The highest BCUT2D eigenvalue weighted by atomic mass is 35.5. The fourth-order valence-electron chi connectivity index (χ4n) is 0.459. The van der Waals surface area contributed by atoms with Gasteiger partial charge in [-0.15, -0.1) is 0 Å². The topological polar surface area (TPSA) is 67.5 Å². The van der Waals surface area contributed by atoms with Crippen molar-refractivity contribution in [2.45, 2.75) is 5.50 Å². The number of aliphatic hydroxyl groups excluding tert-OH is 2. The first-order chi connectivity index (χ1) is 4.76. The van der Waals surface area contributed by atoms with Gasteiger partial charge >= 0.3 is 0 Å². The molecule has 0 saturated carbocycles. The Hall–Kier alpha value is -0.500. The molecule has 5 heteroatoms. The Labute approximate surface area is 64.2 Å². The summed E-state index contributed by atoms with van der Waals surface area (Å²) in [6, 6.07) is 0. The molecule has 1 unspecified atom stereocenters. The fraction of sp³-hybridized carbons (Fsp3) is 0.800. The third-order valence-corrected chi connectivity index (χ3v) is 1.33. The lowest BCUT2D eigenvalue weighted by atomic mass is 10.5. The summed E-state index contributed by atoms with van der Waals surface area (Å²) in [7, 11) is 0. The van der Waals surface area contributed by atoms with Crippen LogP contribution in [-0.4, -0.2) is 40.4 Å².